The largest absolute Gasteiger partial charge is 0.334 e. The number of benzene rings is 1. The molecule has 2 aliphatic heterocycles. The van der Waals surface area contributed by atoms with Crippen molar-refractivity contribution in [2.24, 2.45) is 0 Å². The number of urea groups is 1. The van der Waals surface area contributed by atoms with Gasteiger partial charge in [0.25, 0.3) is 0 Å². The van der Waals surface area contributed by atoms with Crippen molar-refractivity contribution in [1.82, 2.24) is 20.0 Å². The van der Waals surface area contributed by atoms with Crippen molar-refractivity contribution >= 4 is 6.03 Å². The van der Waals surface area contributed by atoms with E-state index in [0.717, 1.165) is 25.6 Å². The molecular formula is C20H30F2N4O. The average molecular weight is 380 g/mol. The first kappa shape index (κ1) is 20.0. The van der Waals surface area contributed by atoms with Gasteiger partial charge in [-0.15, -0.1) is 0 Å². The van der Waals surface area contributed by atoms with Crippen LogP contribution in [0.25, 0.3) is 0 Å². The first-order valence-electron chi connectivity index (χ1n) is 9.68. The van der Waals surface area contributed by atoms with Crippen LogP contribution < -0.4 is 5.32 Å². The topological polar surface area (TPSA) is 38.8 Å². The molecule has 0 saturated carbocycles. The quantitative estimate of drug-likeness (QED) is 0.876. The Hall–Kier alpha value is -1.73. The molecule has 2 fully saturated rings. The van der Waals surface area contributed by atoms with E-state index >= 15 is 0 Å². The number of nitrogens with zero attached hydrogens (tertiary/aromatic N) is 3. The molecule has 0 radical (unpaired) electrons. The van der Waals surface area contributed by atoms with Crippen LogP contribution >= 0.6 is 0 Å². The van der Waals surface area contributed by atoms with Gasteiger partial charge in [0.05, 0.1) is 0 Å². The fourth-order valence-electron chi connectivity index (χ4n) is 3.82. The Morgan fingerprint density at radius 1 is 1.07 bits per heavy atom. The van der Waals surface area contributed by atoms with Gasteiger partial charge in [0.1, 0.15) is 11.6 Å². The minimum atomic E-state index is -0.552. The van der Waals surface area contributed by atoms with E-state index < -0.39 is 11.6 Å². The van der Waals surface area contributed by atoms with Crippen molar-refractivity contribution in [2.75, 3.05) is 39.3 Å². The maximum atomic E-state index is 13.3. The molecule has 1 N–H and O–H groups in total. The molecular weight excluding hydrogens is 350 g/mol. The Kier molecular flexibility index (Phi) is 6.01. The second-order valence-electron chi connectivity index (χ2n) is 8.59. The maximum absolute atomic E-state index is 13.3. The number of nitrogens with one attached hydrogen (secondary N) is 1. The minimum absolute atomic E-state index is 0.00721. The third-order valence-electron chi connectivity index (χ3n) is 5.45. The van der Waals surface area contributed by atoms with E-state index in [9.17, 15) is 13.6 Å². The average Bonchev–Trinajstić information content (AvgIpc) is 3.03. The standard InChI is InChI=1S/C20H30F2N4O/c1-20(2,3)26-5-4-18(14-26)23-19(27)25-8-6-24(7-9-25)13-15-10-16(21)12-17(22)11-15/h10-12,18H,4-9,13-14H2,1-3H3,(H,23,27)/t18-/m1/s1. The molecule has 2 heterocycles. The highest BCUT2D eigenvalue weighted by molar-refractivity contribution is 5.74. The van der Waals surface area contributed by atoms with Crippen molar-refractivity contribution in [3.63, 3.8) is 0 Å². The number of carbonyl (C=O) groups is 1. The molecule has 1 atom stereocenters. The van der Waals surface area contributed by atoms with E-state index in [-0.39, 0.29) is 17.6 Å². The number of piperazine rings is 1. The van der Waals surface area contributed by atoms with Gasteiger partial charge >= 0.3 is 6.03 Å². The van der Waals surface area contributed by atoms with Gasteiger partial charge in [0.15, 0.2) is 0 Å². The lowest BCUT2D eigenvalue weighted by Crippen LogP contribution is -2.53. The smallest absolute Gasteiger partial charge is 0.317 e. The fourth-order valence-corrected chi connectivity index (χ4v) is 3.82. The molecule has 0 bridgehead atoms. The van der Waals surface area contributed by atoms with Crippen molar-refractivity contribution < 1.29 is 13.6 Å². The summed E-state index contributed by atoms with van der Waals surface area (Å²) in [6.07, 6.45) is 0.980. The van der Waals surface area contributed by atoms with Gasteiger partial charge in [0.2, 0.25) is 0 Å². The van der Waals surface area contributed by atoms with Crippen molar-refractivity contribution in [1.29, 1.82) is 0 Å². The third-order valence-corrected chi connectivity index (χ3v) is 5.45. The number of hydrogen-bond donors (Lipinski definition) is 1. The highest BCUT2D eigenvalue weighted by Gasteiger charge is 2.32. The third kappa shape index (κ3) is 5.39. The zero-order chi connectivity index (χ0) is 19.6. The summed E-state index contributed by atoms with van der Waals surface area (Å²) in [5, 5.41) is 3.16. The van der Waals surface area contributed by atoms with Crippen LogP contribution in [0.4, 0.5) is 13.6 Å². The Bertz CT molecular complexity index is 648. The number of rotatable bonds is 3. The zero-order valence-corrected chi connectivity index (χ0v) is 16.5. The normalized spacial score (nSPS) is 22.3. The Labute approximate surface area is 160 Å². The van der Waals surface area contributed by atoms with Crippen LogP contribution in [0.15, 0.2) is 18.2 Å². The summed E-state index contributed by atoms with van der Waals surface area (Å²) in [7, 11) is 0. The van der Waals surface area contributed by atoms with Gasteiger partial charge in [-0.3, -0.25) is 9.80 Å². The molecule has 5 nitrogen and oxygen atoms in total. The van der Waals surface area contributed by atoms with Crippen LogP contribution in [0.2, 0.25) is 0 Å². The molecule has 2 aliphatic rings. The summed E-state index contributed by atoms with van der Waals surface area (Å²) in [6, 6.07) is 3.81. The summed E-state index contributed by atoms with van der Waals surface area (Å²) in [6.45, 7) is 11.6. The predicted octanol–water partition coefficient (Wildman–Crippen LogP) is 2.66. The maximum Gasteiger partial charge on any atom is 0.317 e. The molecule has 27 heavy (non-hydrogen) atoms. The summed E-state index contributed by atoms with van der Waals surface area (Å²) in [5.74, 6) is -1.10. The van der Waals surface area contributed by atoms with Crippen molar-refractivity contribution in [3.8, 4) is 0 Å². The lowest BCUT2D eigenvalue weighted by Gasteiger charge is -2.35. The second kappa shape index (κ2) is 8.10. The van der Waals surface area contributed by atoms with Crippen LogP contribution in [0.1, 0.15) is 32.8 Å². The predicted molar refractivity (Wildman–Crippen MR) is 101 cm³/mol. The molecule has 0 unspecified atom stereocenters. The number of carbonyl (C=O) groups excluding carboxylic acids is 1. The van der Waals surface area contributed by atoms with Gasteiger partial charge in [-0.1, -0.05) is 0 Å². The Morgan fingerprint density at radius 2 is 1.70 bits per heavy atom. The highest BCUT2D eigenvalue weighted by atomic mass is 19.1. The monoisotopic (exact) mass is 380 g/mol. The van der Waals surface area contributed by atoms with Crippen LogP contribution in [0.3, 0.4) is 0 Å². The molecule has 1 aromatic carbocycles. The molecule has 0 spiro atoms. The summed E-state index contributed by atoms with van der Waals surface area (Å²) in [5.41, 5.74) is 0.750. The minimum Gasteiger partial charge on any atom is -0.334 e. The number of hydrogen-bond acceptors (Lipinski definition) is 3. The van der Waals surface area contributed by atoms with Crippen molar-refractivity contribution in [2.45, 2.75) is 45.3 Å². The zero-order valence-electron chi connectivity index (χ0n) is 16.5. The van der Waals surface area contributed by atoms with E-state index in [1.807, 2.05) is 4.90 Å². The van der Waals surface area contributed by atoms with Crippen LogP contribution in [0, 0.1) is 11.6 Å². The van der Waals surface area contributed by atoms with E-state index in [1.54, 1.807) is 0 Å². The highest BCUT2D eigenvalue weighted by Crippen LogP contribution is 2.20. The van der Waals surface area contributed by atoms with Gasteiger partial charge in [0, 0.05) is 63.5 Å². The molecule has 2 amide bonds. The molecule has 0 aromatic heterocycles. The summed E-state index contributed by atoms with van der Waals surface area (Å²) < 4.78 is 26.6. The van der Waals surface area contributed by atoms with Gasteiger partial charge in [-0.25, -0.2) is 13.6 Å². The summed E-state index contributed by atoms with van der Waals surface area (Å²) >= 11 is 0. The van der Waals surface area contributed by atoms with Gasteiger partial charge in [-0.2, -0.15) is 0 Å². The van der Waals surface area contributed by atoms with E-state index in [2.05, 4.69) is 35.9 Å². The molecule has 1 aromatic rings. The van der Waals surface area contributed by atoms with Crippen LogP contribution in [-0.4, -0.2) is 71.6 Å². The van der Waals surface area contributed by atoms with Gasteiger partial charge in [-0.05, 0) is 44.9 Å². The van der Waals surface area contributed by atoms with E-state index in [0.29, 0.717) is 38.3 Å². The molecule has 3 rings (SSSR count). The second-order valence-corrected chi connectivity index (χ2v) is 8.59. The number of halogens is 2. The lowest BCUT2D eigenvalue weighted by molar-refractivity contribution is 0.131. The van der Waals surface area contributed by atoms with E-state index in [4.69, 9.17) is 0 Å². The number of amides is 2. The number of likely N-dealkylation sites (tertiary alicyclic amines) is 1. The van der Waals surface area contributed by atoms with E-state index in [1.165, 1.54) is 12.1 Å². The van der Waals surface area contributed by atoms with Crippen molar-refractivity contribution in [3.05, 3.63) is 35.4 Å². The molecule has 2 saturated heterocycles. The Balaban J connectivity index is 1.44. The molecule has 0 aliphatic carbocycles. The van der Waals surface area contributed by atoms with Crippen LogP contribution in [0.5, 0.6) is 0 Å². The molecule has 150 valence electrons. The lowest BCUT2D eigenvalue weighted by atomic mass is 10.1. The first-order chi connectivity index (χ1) is 12.7. The fraction of sp³-hybridized carbons (Fsp3) is 0.650. The Morgan fingerprint density at radius 3 is 2.26 bits per heavy atom. The van der Waals surface area contributed by atoms with Gasteiger partial charge < -0.3 is 10.2 Å². The first-order valence-corrected chi connectivity index (χ1v) is 9.68. The summed E-state index contributed by atoms with van der Waals surface area (Å²) in [4.78, 5) is 18.9. The molecule has 7 heteroatoms. The van der Waals surface area contributed by atoms with Crippen LogP contribution in [-0.2, 0) is 6.54 Å². The SMILES string of the molecule is CC(C)(C)N1CC[C@@H](NC(=O)N2CCN(Cc3cc(F)cc(F)c3)CC2)C1.